The smallest absolute Gasteiger partial charge is 0.0650 e. The fourth-order valence-electron chi connectivity index (χ4n) is 1.47. The zero-order valence-corrected chi connectivity index (χ0v) is 7.07. The molecule has 0 aliphatic heterocycles. The van der Waals surface area contributed by atoms with Crippen molar-refractivity contribution in [3.8, 4) is 0 Å². The maximum atomic E-state index is 9.59. The third-order valence-electron chi connectivity index (χ3n) is 2.50. The summed E-state index contributed by atoms with van der Waals surface area (Å²) in [5.74, 6) is 0.155. The van der Waals surface area contributed by atoms with Crippen LogP contribution in [0.5, 0.6) is 0 Å². The van der Waals surface area contributed by atoms with Crippen molar-refractivity contribution < 1.29 is 10.2 Å². The highest BCUT2D eigenvalue weighted by Gasteiger charge is 2.26. The summed E-state index contributed by atoms with van der Waals surface area (Å²) in [5.41, 5.74) is 0. The molecule has 4 atom stereocenters. The van der Waals surface area contributed by atoms with Gasteiger partial charge >= 0.3 is 0 Å². The Bertz CT molecular complexity index is 154. The molecule has 0 aromatic heterocycles. The van der Waals surface area contributed by atoms with E-state index in [2.05, 4.69) is 0 Å². The van der Waals surface area contributed by atoms with E-state index in [-0.39, 0.29) is 17.9 Å². The van der Waals surface area contributed by atoms with Gasteiger partial charge in [-0.2, -0.15) is 0 Å². The van der Waals surface area contributed by atoms with Crippen LogP contribution in [0.2, 0.25) is 0 Å². The molecule has 1 rings (SSSR count). The zero-order valence-electron chi connectivity index (χ0n) is 7.07. The van der Waals surface area contributed by atoms with Crippen molar-refractivity contribution in [3.63, 3.8) is 0 Å². The zero-order chi connectivity index (χ0) is 8.43. The first kappa shape index (κ1) is 8.75. The van der Waals surface area contributed by atoms with Gasteiger partial charge in [-0.05, 0) is 6.42 Å². The summed E-state index contributed by atoms with van der Waals surface area (Å²) in [6.45, 7) is 3.86. The monoisotopic (exact) mass is 156 g/mol. The van der Waals surface area contributed by atoms with Crippen molar-refractivity contribution in [2.75, 3.05) is 0 Å². The van der Waals surface area contributed by atoms with E-state index in [1.54, 1.807) is 0 Å². The van der Waals surface area contributed by atoms with Gasteiger partial charge in [-0.1, -0.05) is 26.0 Å². The van der Waals surface area contributed by atoms with Crippen molar-refractivity contribution >= 4 is 0 Å². The van der Waals surface area contributed by atoms with Gasteiger partial charge in [0.05, 0.1) is 12.2 Å². The van der Waals surface area contributed by atoms with E-state index < -0.39 is 6.10 Å². The SMILES string of the molecule is C[C@H]1[C@H](O)[C@@H](C)C=CC[C@@H]1O. The molecule has 2 heteroatoms. The average Bonchev–Trinajstić information content (AvgIpc) is 2.07. The van der Waals surface area contributed by atoms with E-state index in [1.165, 1.54) is 0 Å². The van der Waals surface area contributed by atoms with Crippen LogP contribution < -0.4 is 0 Å². The topological polar surface area (TPSA) is 40.5 Å². The van der Waals surface area contributed by atoms with Gasteiger partial charge in [0.15, 0.2) is 0 Å². The van der Waals surface area contributed by atoms with E-state index in [4.69, 9.17) is 0 Å². The van der Waals surface area contributed by atoms with E-state index in [1.807, 2.05) is 26.0 Å². The lowest BCUT2D eigenvalue weighted by atomic mass is 9.91. The second-order valence-electron chi connectivity index (χ2n) is 3.44. The summed E-state index contributed by atoms with van der Waals surface area (Å²) in [5, 5.41) is 19.0. The number of rotatable bonds is 0. The van der Waals surface area contributed by atoms with Crippen molar-refractivity contribution in [1.82, 2.24) is 0 Å². The van der Waals surface area contributed by atoms with E-state index in [0.29, 0.717) is 6.42 Å². The summed E-state index contributed by atoms with van der Waals surface area (Å²) in [6.07, 6.45) is 3.80. The lowest BCUT2D eigenvalue weighted by Gasteiger charge is -2.23. The van der Waals surface area contributed by atoms with Gasteiger partial charge in [-0.25, -0.2) is 0 Å². The van der Waals surface area contributed by atoms with Crippen LogP contribution in [0.1, 0.15) is 20.3 Å². The van der Waals surface area contributed by atoms with Crippen molar-refractivity contribution in [2.45, 2.75) is 32.5 Å². The molecule has 2 N–H and O–H groups in total. The van der Waals surface area contributed by atoms with E-state index >= 15 is 0 Å². The maximum Gasteiger partial charge on any atom is 0.0650 e. The van der Waals surface area contributed by atoms with Crippen LogP contribution in [0, 0.1) is 11.8 Å². The molecule has 0 aromatic rings. The highest BCUT2D eigenvalue weighted by Crippen LogP contribution is 2.23. The molecule has 0 saturated heterocycles. The molecule has 0 unspecified atom stereocenters. The molecule has 1 aliphatic rings. The maximum absolute atomic E-state index is 9.59. The Balaban J connectivity index is 2.68. The van der Waals surface area contributed by atoms with Crippen LogP contribution in [0.3, 0.4) is 0 Å². The van der Waals surface area contributed by atoms with Crippen LogP contribution in [0.25, 0.3) is 0 Å². The first-order valence-electron chi connectivity index (χ1n) is 4.15. The Morgan fingerprint density at radius 3 is 2.55 bits per heavy atom. The Morgan fingerprint density at radius 2 is 1.91 bits per heavy atom. The van der Waals surface area contributed by atoms with Gasteiger partial charge in [0, 0.05) is 11.8 Å². The predicted octanol–water partition coefficient (Wildman–Crippen LogP) is 0.940. The molecular formula is C9H16O2. The van der Waals surface area contributed by atoms with Crippen LogP contribution in [0.15, 0.2) is 12.2 Å². The van der Waals surface area contributed by atoms with Gasteiger partial charge in [0.1, 0.15) is 0 Å². The highest BCUT2D eigenvalue weighted by molar-refractivity contribution is 4.98. The third-order valence-corrected chi connectivity index (χ3v) is 2.50. The van der Waals surface area contributed by atoms with E-state index in [0.717, 1.165) is 0 Å². The number of aliphatic hydroxyl groups is 2. The summed E-state index contributed by atoms with van der Waals surface area (Å²) in [4.78, 5) is 0. The standard InChI is InChI=1S/C9H16O2/c1-6-4-3-5-8(10)7(2)9(6)11/h3-4,6-11H,5H2,1-2H3/t6-,7+,8-,9+/m0/s1. The first-order chi connectivity index (χ1) is 5.13. The van der Waals surface area contributed by atoms with Gasteiger partial charge in [-0.15, -0.1) is 0 Å². The molecule has 11 heavy (non-hydrogen) atoms. The van der Waals surface area contributed by atoms with E-state index in [9.17, 15) is 10.2 Å². The summed E-state index contributed by atoms with van der Waals surface area (Å²) in [7, 11) is 0. The lowest BCUT2D eigenvalue weighted by molar-refractivity contribution is 0.0102. The second-order valence-corrected chi connectivity index (χ2v) is 3.44. The summed E-state index contributed by atoms with van der Waals surface area (Å²) < 4.78 is 0. The number of aliphatic hydroxyl groups excluding tert-OH is 2. The molecule has 0 amide bonds. The molecule has 0 radical (unpaired) electrons. The second kappa shape index (κ2) is 3.37. The number of hydrogen-bond acceptors (Lipinski definition) is 2. The molecule has 2 nitrogen and oxygen atoms in total. The van der Waals surface area contributed by atoms with Gasteiger partial charge in [0.2, 0.25) is 0 Å². The summed E-state index contributed by atoms with van der Waals surface area (Å²) >= 11 is 0. The van der Waals surface area contributed by atoms with Crippen LogP contribution >= 0.6 is 0 Å². The highest BCUT2D eigenvalue weighted by atomic mass is 16.3. The Kier molecular flexibility index (Phi) is 2.68. The normalized spacial score (nSPS) is 45.5. The quantitative estimate of drug-likeness (QED) is 0.512. The average molecular weight is 156 g/mol. The number of hydrogen-bond donors (Lipinski definition) is 2. The van der Waals surface area contributed by atoms with Gasteiger partial charge in [0.25, 0.3) is 0 Å². The van der Waals surface area contributed by atoms with Crippen molar-refractivity contribution in [2.24, 2.45) is 11.8 Å². The first-order valence-corrected chi connectivity index (χ1v) is 4.15. The molecule has 0 saturated carbocycles. The molecule has 1 aliphatic carbocycles. The van der Waals surface area contributed by atoms with Crippen LogP contribution in [-0.2, 0) is 0 Å². The Labute approximate surface area is 67.6 Å². The lowest BCUT2D eigenvalue weighted by Crippen LogP contribution is -2.31. The molecule has 0 aromatic carbocycles. The predicted molar refractivity (Wildman–Crippen MR) is 44.1 cm³/mol. The Morgan fingerprint density at radius 1 is 1.27 bits per heavy atom. The minimum atomic E-state index is -0.399. The fraction of sp³-hybridized carbons (Fsp3) is 0.778. The third kappa shape index (κ3) is 1.82. The summed E-state index contributed by atoms with van der Waals surface area (Å²) in [6, 6.07) is 0. The fourth-order valence-corrected chi connectivity index (χ4v) is 1.47. The molecule has 64 valence electrons. The minimum Gasteiger partial charge on any atom is -0.392 e. The molecule has 0 fully saturated rings. The van der Waals surface area contributed by atoms with Crippen LogP contribution in [0.4, 0.5) is 0 Å². The van der Waals surface area contributed by atoms with Crippen molar-refractivity contribution in [1.29, 1.82) is 0 Å². The molecule has 0 heterocycles. The molecular weight excluding hydrogens is 140 g/mol. The van der Waals surface area contributed by atoms with Crippen molar-refractivity contribution in [3.05, 3.63) is 12.2 Å². The molecule has 0 spiro atoms. The largest absolute Gasteiger partial charge is 0.392 e. The molecule has 0 bridgehead atoms. The van der Waals surface area contributed by atoms with Gasteiger partial charge in [-0.3, -0.25) is 0 Å². The van der Waals surface area contributed by atoms with Gasteiger partial charge < -0.3 is 10.2 Å². The minimum absolute atomic E-state index is 0.0139. The Hall–Kier alpha value is -0.340. The van der Waals surface area contributed by atoms with Crippen LogP contribution in [-0.4, -0.2) is 22.4 Å².